The van der Waals surface area contributed by atoms with Crippen molar-refractivity contribution < 1.29 is 19.4 Å². The fraction of sp³-hybridized carbons (Fsp3) is 0.176. The van der Waals surface area contributed by atoms with Crippen LogP contribution in [0.2, 0.25) is 5.02 Å². The van der Waals surface area contributed by atoms with Crippen molar-refractivity contribution in [2.75, 3.05) is 11.9 Å². The first-order valence-corrected chi connectivity index (χ1v) is 7.31. The van der Waals surface area contributed by atoms with E-state index in [0.29, 0.717) is 16.3 Å². The van der Waals surface area contributed by atoms with Crippen LogP contribution in [0.3, 0.4) is 0 Å². The first kappa shape index (κ1) is 16.8. The van der Waals surface area contributed by atoms with Gasteiger partial charge in [0.25, 0.3) is 5.91 Å². The number of carbonyl (C=O) groups is 2. The van der Waals surface area contributed by atoms with Crippen LogP contribution >= 0.6 is 11.6 Å². The molecule has 5 nitrogen and oxygen atoms in total. The normalized spacial score (nSPS) is 10.2. The zero-order valence-electron chi connectivity index (χ0n) is 12.5. The Hall–Kier alpha value is -2.53. The monoisotopic (exact) mass is 333 g/mol. The Morgan fingerprint density at radius 3 is 2.52 bits per heavy atom. The third-order valence-corrected chi connectivity index (χ3v) is 3.35. The van der Waals surface area contributed by atoms with E-state index in [1.807, 2.05) is 6.92 Å². The van der Waals surface area contributed by atoms with Gasteiger partial charge in [-0.15, -0.1) is 0 Å². The highest BCUT2D eigenvalue weighted by Crippen LogP contribution is 2.19. The van der Waals surface area contributed by atoms with Crippen molar-refractivity contribution in [1.29, 1.82) is 0 Å². The van der Waals surface area contributed by atoms with Gasteiger partial charge in [-0.05, 0) is 48.4 Å². The fourth-order valence-electron chi connectivity index (χ4n) is 1.93. The second-order valence-electron chi connectivity index (χ2n) is 5.01. The minimum absolute atomic E-state index is 0.0353. The summed E-state index contributed by atoms with van der Waals surface area (Å²) in [5.74, 6) is -0.812. The van der Waals surface area contributed by atoms with Crippen molar-refractivity contribution in [3.8, 4) is 5.75 Å². The molecule has 2 rings (SSSR count). The fourth-order valence-corrected chi connectivity index (χ4v) is 2.16. The van der Waals surface area contributed by atoms with Crippen molar-refractivity contribution in [2.24, 2.45) is 0 Å². The molecule has 120 valence electrons. The summed E-state index contributed by atoms with van der Waals surface area (Å²) in [4.78, 5) is 23.5. The molecular formula is C17H16ClNO4. The van der Waals surface area contributed by atoms with E-state index in [1.165, 1.54) is 12.1 Å². The first-order chi connectivity index (χ1) is 10.9. The van der Waals surface area contributed by atoms with Gasteiger partial charge in [0.05, 0.1) is 6.42 Å². The van der Waals surface area contributed by atoms with E-state index in [4.69, 9.17) is 21.4 Å². The predicted molar refractivity (Wildman–Crippen MR) is 87.6 cm³/mol. The maximum atomic E-state index is 11.8. The number of carbonyl (C=O) groups excluding carboxylic acids is 2. The molecule has 6 heteroatoms. The van der Waals surface area contributed by atoms with Crippen molar-refractivity contribution in [2.45, 2.75) is 13.3 Å². The highest BCUT2D eigenvalue weighted by atomic mass is 35.5. The molecule has 0 aromatic heterocycles. The molecule has 0 heterocycles. The second-order valence-corrected chi connectivity index (χ2v) is 5.45. The predicted octanol–water partition coefficient (Wildman–Crippen LogP) is 3.08. The molecule has 2 aromatic rings. The van der Waals surface area contributed by atoms with Crippen LogP contribution in [-0.2, 0) is 20.7 Å². The number of phenols is 1. The van der Waals surface area contributed by atoms with Crippen molar-refractivity contribution >= 4 is 29.2 Å². The number of hydrogen-bond acceptors (Lipinski definition) is 4. The third-order valence-electron chi connectivity index (χ3n) is 3.11. The topological polar surface area (TPSA) is 75.6 Å². The number of aryl methyl sites for hydroxylation is 1. The van der Waals surface area contributed by atoms with Gasteiger partial charge >= 0.3 is 5.97 Å². The maximum Gasteiger partial charge on any atom is 0.310 e. The molecule has 0 aliphatic heterocycles. The van der Waals surface area contributed by atoms with Crippen LogP contribution in [0.1, 0.15) is 11.1 Å². The summed E-state index contributed by atoms with van der Waals surface area (Å²) < 4.78 is 4.93. The Morgan fingerprint density at radius 1 is 1.17 bits per heavy atom. The molecule has 0 aliphatic carbocycles. The van der Waals surface area contributed by atoms with E-state index in [2.05, 4.69) is 5.32 Å². The molecule has 0 bridgehead atoms. The zero-order chi connectivity index (χ0) is 16.8. The highest BCUT2D eigenvalue weighted by Gasteiger charge is 2.10. The second kappa shape index (κ2) is 7.65. The van der Waals surface area contributed by atoms with Crippen LogP contribution < -0.4 is 5.32 Å². The number of aromatic hydroxyl groups is 1. The molecule has 0 spiro atoms. The molecule has 0 fully saturated rings. The molecule has 1 amide bonds. The van der Waals surface area contributed by atoms with Crippen LogP contribution in [0.15, 0.2) is 42.5 Å². The molecule has 0 unspecified atom stereocenters. The SMILES string of the molecule is Cc1cc(Cl)ccc1NC(=O)COC(=O)Cc1ccc(O)cc1. The Morgan fingerprint density at radius 2 is 1.87 bits per heavy atom. The lowest BCUT2D eigenvalue weighted by atomic mass is 10.1. The lowest BCUT2D eigenvalue weighted by molar-refractivity contribution is -0.146. The number of halogens is 1. The number of benzene rings is 2. The Balaban J connectivity index is 1.81. The van der Waals surface area contributed by atoms with E-state index in [-0.39, 0.29) is 18.8 Å². The summed E-state index contributed by atoms with van der Waals surface area (Å²) in [6.07, 6.45) is 0.0353. The third kappa shape index (κ3) is 5.30. The van der Waals surface area contributed by atoms with Crippen LogP contribution in [0.5, 0.6) is 5.75 Å². The van der Waals surface area contributed by atoms with Gasteiger partial charge in [-0.3, -0.25) is 9.59 Å². The van der Waals surface area contributed by atoms with Gasteiger partial charge in [0.2, 0.25) is 0 Å². The molecule has 0 saturated heterocycles. The smallest absolute Gasteiger partial charge is 0.310 e. The van der Waals surface area contributed by atoms with E-state index >= 15 is 0 Å². The Kier molecular flexibility index (Phi) is 5.60. The number of rotatable bonds is 5. The van der Waals surface area contributed by atoms with Crippen LogP contribution in [0, 0.1) is 6.92 Å². The van der Waals surface area contributed by atoms with Crippen molar-refractivity contribution in [3.05, 3.63) is 58.6 Å². The lowest BCUT2D eigenvalue weighted by Gasteiger charge is -2.09. The standard InChI is InChI=1S/C17H16ClNO4/c1-11-8-13(18)4-7-15(11)19-16(21)10-23-17(22)9-12-2-5-14(20)6-3-12/h2-8,20H,9-10H2,1H3,(H,19,21). The summed E-state index contributed by atoms with van der Waals surface area (Å²) >= 11 is 5.85. The van der Waals surface area contributed by atoms with Crippen LogP contribution in [-0.4, -0.2) is 23.6 Å². The van der Waals surface area contributed by atoms with Gasteiger partial charge in [-0.25, -0.2) is 0 Å². The number of phenolic OH excluding ortho intramolecular Hbond substituents is 1. The largest absolute Gasteiger partial charge is 0.508 e. The first-order valence-electron chi connectivity index (χ1n) is 6.93. The minimum atomic E-state index is -0.515. The number of esters is 1. The van der Waals surface area contributed by atoms with Gasteiger partial charge in [0.1, 0.15) is 5.75 Å². The van der Waals surface area contributed by atoms with Gasteiger partial charge in [0, 0.05) is 10.7 Å². The summed E-state index contributed by atoms with van der Waals surface area (Å²) in [5.41, 5.74) is 2.14. The van der Waals surface area contributed by atoms with Crippen molar-refractivity contribution in [1.82, 2.24) is 0 Å². The lowest BCUT2D eigenvalue weighted by Crippen LogP contribution is -2.22. The van der Waals surface area contributed by atoms with Gasteiger partial charge < -0.3 is 15.2 Å². The molecule has 0 radical (unpaired) electrons. The Labute approximate surface area is 138 Å². The molecule has 0 atom stereocenters. The van der Waals surface area contributed by atoms with Crippen LogP contribution in [0.25, 0.3) is 0 Å². The highest BCUT2D eigenvalue weighted by molar-refractivity contribution is 6.30. The van der Waals surface area contributed by atoms with Gasteiger partial charge in [-0.1, -0.05) is 23.7 Å². The van der Waals surface area contributed by atoms with E-state index in [0.717, 1.165) is 5.56 Å². The summed E-state index contributed by atoms with van der Waals surface area (Å²) in [6.45, 7) is 1.46. The average molecular weight is 334 g/mol. The number of amides is 1. The van der Waals surface area contributed by atoms with Gasteiger partial charge in [0.15, 0.2) is 6.61 Å². The van der Waals surface area contributed by atoms with Crippen LogP contribution in [0.4, 0.5) is 5.69 Å². The molecule has 0 saturated carbocycles. The van der Waals surface area contributed by atoms with E-state index < -0.39 is 11.9 Å². The average Bonchev–Trinajstić information content (AvgIpc) is 2.50. The van der Waals surface area contributed by atoms with Gasteiger partial charge in [-0.2, -0.15) is 0 Å². The molecule has 2 N–H and O–H groups in total. The zero-order valence-corrected chi connectivity index (χ0v) is 13.3. The number of hydrogen-bond donors (Lipinski definition) is 2. The molecular weight excluding hydrogens is 318 g/mol. The molecule has 0 aliphatic rings. The number of anilines is 1. The molecule has 23 heavy (non-hydrogen) atoms. The number of ether oxygens (including phenoxy) is 1. The van der Waals surface area contributed by atoms with E-state index in [9.17, 15) is 9.59 Å². The Bertz CT molecular complexity index is 713. The summed E-state index contributed by atoms with van der Waals surface area (Å²) in [6, 6.07) is 11.3. The van der Waals surface area contributed by atoms with E-state index in [1.54, 1.807) is 30.3 Å². The summed E-state index contributed by atoms with van der Waals surface area (Å²) in [5, 5.41) is 12.4. The maximum absolute atomic E-state index is 11.8. The summed E-state index contributed by atoms with van der Waals surface area (Å²) in [7, 11) is 0. The quantitative estimate of drug-likeness (QED) is 0.824. The number of nitrogens with one attached hydrogen (secondary N) is 1. The minimum Gasteiger partial charge on any atom is -0.508 e. The molecule has 2 aromatic carbocycles. The van der Waals surface area contributed by atoms with Crippen molar-refractivity contribution in [3.63, 3.8) is 0 Å².